The molecule has 0 aliphatic carbocycles. The van der Waals surface area contributed by atoms with Gasteiger partial charge in [-0.05, 0) is 62.2 Å². The number of benzene rings is 3. The fourth-order valence-electron chi connectivity index (χ4n) is 4.30. The number of carbonyl (C=O) groups is 1. The summed E-state index contributed by atoms with van der Waals surface area (Å²) in [5, 5.41) is 0.935. The number of carbonyl (C=O) groups excluding carboxylic acids is 1. The number of fused-ring (bicyclic) bond motifs is 1. The Morgan fingerprint density at radius 2 is 1.51 bits per heavy atom. The molecule has 3 aromatic carbocycles. The first-order valence-corrected chi connectivity index (χ1v) is 16.3. The van der Waals surface area contributed by atoms with Gasteiger partial charge in [-0.1, -0.05) is 48.6 Å². The third-order valence-corrected chi connectivity index (χ3v) is 7.67. The zero-order valence-corrected chi connectivity index (χ0v) is 28.2. The highest BCUT2D eigenvalue weighted by molar-refractivity contribution is 7.21. The van der Waals surface area contributed by atoms with Crippen LogP contribution < -0.4 is 9.64 Å². The molecule has 11 heteroatoms. The van der Waals surface area contributed by atoms with E-state index in [1.165, 1.54) is 0 Å². The van der Waals surface area contributed by atoms with Crippen LogP contribution in [-0.2, 0) is 23.7 Å². The van der Waals surface area contributed by atoms with Gasteiger partial charge in [0.2, 0.25) is 0 Å². The molecule has 0 spiro atoms. The van der Waals surface area contributed by atoms with E-state index in [0.717, 1.165) is 37.7 Å². The van der Waals surface area contributed by atoms with Gasteiger partial charge < -0.3 is 28.4 Å². The molecular weight excluding hydrogens is 623 g/mol. The first kappa shape index (κ1) is 36.0. The van der Waals surface area contributed by atoms with Crippen molar-refractivity contribution in [3.63, 3.8) is 0 Å². The average molecular weight is 667 g/mol. The van der Waals surface area contributed by atoms with Crippen molar-refractivity contribution in [1.82, 2.24) is 4.98 Å². The van der Waals surface area contributed by atoms with Crippen LogP contribution in [0.15, 0.2) is 66.7 Å². The Morgan fingerprint density at radius 3 is 2.17 bits per heavy atom. The Balaban J connectivity index is 1.35. The average Bonchev–Trinajstić information content (AvgIpc) is 3.48. The fraction of sp³-hybridized carbons (Fsp3) is 0.389. The highest BCUT2D eigenvalue weighted by Gasteiger charge is 2.23. The van der Waals surface area contributed by atoms with E-state index >= 15 is 0 Å². The Morgan fingerprint density at radius 1 is 0.851 bits per heavy atom. The van der Waals surface area contributed by atoms with Crippen LogP contribution in [0.25, 0.3) is 32.9 Å². The molecule has 4 aromatic rings. The standard InChI is InChI=1S/C36H43FN2O7S/c1-36(2,3)46-35(40)39(18-20-43-24-23-42-19-17-37)30-13-9-28(10-14-30)6-5-27-7-11-29(12-8-27)34-38-32-16-15-31(25-33(32)47-34)45-26-44-22-21-41-4/h5-16,25H,17-24,26H2,1-4H3/b6-5+. The zero-order valence-electron chi connectivity index (χ0n) is 27.4. The summed E-state index contributed by atoms with van der Waals surface area (Å²) in [6.07, 6.45) is 3.61. The molecule has 0 aliphatic rings. The third-order valence-electron chi connectivity index (χ3n) is 6.60. The number of ether oxygens (including phenoxy) is 6. The van der Waals surface area contributed by atoms with Crippen LogP contribution in [0.4, 0.5) is 14.9 Å². The number of rotatable bonds is 18. The molecule has 1 heterocycles. The third kappa shape index (κ3) is 12.0. The number of alkyl halides is 1. The van der Waals surface area contributed by atoms with Crippen molar-refractivity contribution in [3.05, 3.63) is 77.9 Å². The van der Waals surface area contributed by atoms with E-state index < -0.39 is 18.4 Å². The molecular formula is C36H43FN2O7S. The van der Waals surface area contributed by atoms with Crippen LogP contribution in [0.2, 0.25) is 0 Å². The van der Waals surface area contributed by atoms with Crippen molar-refractivity contribution >= 4 is 45.5 Å². The maximum atomic E-state index is 13.0. The predicted molar refractivity (Wildman–Crippen MR) is 185 cm³/mol. The number of anilines is 1. The number of amides is 1. The fourth-order valence-corrected chi connectivity index (χ4v) is 5.30. The number of hydrogen-bond donors (Lipinski definition) is 0. The smallest absolute Gasteiger partial charge is 0.414 e. The van der Waals surface area contributed by atoms with E-state index in [4.69, 9.17) is 33.4 Å². The number of hydrogen-bond acceptors (Lipinski definition) is 9. The van der Waals surface area contributed by atoms with E-state index in [1.54, 1.807) is 23.3 Å². The largest absolute Gasteiger partial charge is 0.468 e. The van der Waals surface area contributed by atoms with E-state index in [1.807, 2.05) is 75.4 Å². The topological polar surface area (TPSA) is 88.6 Å². The van der Waals surface area contributed by atoms with Crippen LogP contribution >= 0.6 is 11.3 Å². The first-order chi connectivity index (χ1) is 22.8. The lowest BCUT2D eigenvalue weighted by molar-refractivity contribution is -0.00840. The van der Waals surface area contributed by atoms with Gasteiger partial charge in [0.1, 0.15) is 23.0 Å². The summed E-state index contributed by atoms with van der Waals surface area (Å²) in [5.41, 5.74) is 4.05. The van der Waals surface area contributed by atoms with Crippen LogP contribution in [0.5, 0.6) is 5.75 Å². The van der Waals surface area contributed by atoms with E-state index in [2.05, 4.69) is 24.3 Å². The lowest BCUT2D eigenvalue weighted by atomic mass is 10.1. The highest BCUT2D eigenvalue weighted by atomic mass is 32.1. The summed E-state index contributed by atoms with van der Waals surface area (Å²) in [4.78, 5) is 19.3. The summed E-state index contributed by atoms with van der Waals surface area (Å²) in [7, 11) is 1.63. The minimum Gasteiger partial charge on any atom is -0.468 e. The second-order valence-corrected chi connectivity index (χ2v) is 12.4. The Hall–Kier alpha value is -3.87. The SMILES string of the molecule is COCCOCOc1ccc2nc(-c3ccc(/C=C/c4ccc(N(CCOCCOCCF)C(=O)OC(C)(C)C)cc4)cc3)sc2c1. The number of methoxy groups -OCH3 is 1. The maximum Gasteiger partial charge on any atom is 0.414 e. The molecule has 4 rings (SSSR count). The molecule has 0 atom stereocenters. The lowest BCUT2D eigenvalue weighted by Gasteiger charge is -2.27. The molecule has 1 amide bonds. The van der Waals surface area contributed by atoms with Crippen molar-refractivity contribution in [2.24, 2.45) is 0 Å². The van der Waals surface area contributed by atoms with Gasteiger partial charge in [0.15, 0.2) is 6.79 Å². The van der Waals surface area contributed by atoms with Crippen LogP contribution in [-0.4, -0.2) is 83.4 Å². The Kier molecular flexibility index (Phi) is 14.1. The van der Waals surface area contributed by atoms with Gasteiger partial charge in [-0.15, -0.1) is 11.3 Å². The van der Waals surface area contributed by atoms with Crippen LogP contribution in [0.1, 0.15) is 31.9 Å². The molecule has 47 heavy (non-hydrogen) atoms. The summed E-state index contributed by atoms with van der Waals surface area (Å²) in [6, 6.07) is 21.8. The van der Waals surface area contributed by atoms with Crippen LogP contribution in [0, 0.1) is 0 Å². The van der Waals surface area contributed by atoms with Gasteiger partial charge in [-0.2, -0.15) is 0 Å². The minimum atomic E-state index is -0.639. The minimum absolute atomic E-state index is 0.0505. The molecule has 0 radical (unpaired) electrons. The van der Waals surface area contributed by atoms with Gasteiger partial charge in [0.25, 0.3) is 0 Å². The number of nitrogens with zero attached hydrogens (tertiary/aromatic N) is 2. The normalized spacial score (nSPS) is 11.8. The summed E-state index contributed by atoms with van der Waals surface area (Å²) >= 11 is 1.61. The van der Waals surface area contributed by atoms with Gasteiger partial charge in [0, 0.05) is 18.4 Å². The van der Waals surface area contributed by atoms with Crippen LogP contribution in [0.3, 0.4) is 0 Å². The van der Waals surface area contributed by atoms with Crippen molar-refractivity contribution in [3.8, 4) is 16.3 Å². The lowest BCUT2D eigenvalue weighted by Crippen LogP contribution is -2.39. The van der Waals surface area contributed by atoms with E-state index in [9.17, 15) is 9.18 Å². The van der Waals surface area contributed by atoms with Gasteiger partial charge in [0.05, 0.1) is 56.4 Å². The van der Waals surface area contributed by atoms with Crippen molar-refractivity contribution in [1.29, 1.82) is 0 Å². The Bertz CT molecular complexity index is 1550. The van der Waals surface area contributed by atoms with E-state index in [-0.39, 0.29) is 20.0 Å². The highest BCUT2D eigenvalue weighted by Crippen LogP contribution is 2.32. The molecule has 0 saturated carbocycles. The van der Waals surface area contributed by atoms with Gasteiger partial charge in [-0.25, -0.2) is 14.2 Å². The molecule has 0 saturated heterocycles. The summed E-state index contributed by atoms with van der Waals surface area (Å²) in [5.74, 6) is 0.735. The zero-order chi connectivity index (χ0) is 33.5. The van der Waals surface area contributed by atoms with Crippen molar-refractivity contribution < 1.29 is 37.6 Å². The second kappa shape index (κ2) is 18.5. The quantitative estimate of drug-likeness (QED) is 0.0602. The molecule has 252 valence electrons. The molecule has 0 aliphatic heterocycles. The molecule has 9 nitrogen and oxygen atoms in total. The molecule has 0 N–H and O–H groups in total. The molecule has 1 aromatic heterocycles. The first-order valence-electron chi connectivity index (χ1n) is 15.5. The van der Waals surface area contributed by atoms with Gasteiger partial charge in [-0.3, -0.25) is 4.90 Å². The summed E-state index contributed by atoms with van der Waals surface area (Å²) < 4.78 is 45.6. The molecule has 0 bridgehead atoms. The monoisotopic (exact) mass is 666 g/mol. The number of thiazole rings is 1. The Labute approximate surface area is 279 Å². The number of halogens is 1. The number of aromatic nitrogens is 1. The molecule has 0 unspecified atom stereocenters. The maximum absolute atomic E-state index is 13.0. The predicted octanol–water partition coefficient (Wildman–Crippen LogP) is 7.88. The van der Waals surface area contributed by atoms with E-state index in [0.29, 0.717) is 38.7 Å². The van der Waals surface area contributed by atoms with Gasteiger partial charge >= 0.3 is 6.09 Å². The second-order valence-electron chi connectivity index (χ2n) is 11.4. The molecule has 0 fully saturated rings. The van der Waals surface area contributed by atoms with Crippen molar-refractivity contribution in [2.45, 2.75) is 26.4 Å². The van der Waals surface area contributed by atoms with Crippen molar-refractivity contribution in [2.75, 3.05) is 71.7 Å². The summed E-state index contributed by atoms with van der Waals surface area (Å²) in [6.45, 7) is 7.39.